The molecule has 0 aliphatic rings. The Bertz CT molecular complexity index is 1160. The first-order valence-corrected chi connectivity index (χ1v) is 10.9. The molecule has 0 fully saturated rings. The average Bonchev–Trinajstić information content (AvgIpc) is 2.86. The number of likely N-dealkylation sites (N-methyl/N-ethyl adjacent to an activating group) is 1. The molecule has 3 aromatic carbocycles. The van der Waals surface area contributed by atoms with Gasteiger partial charge >= 0.3 is 6.03 Å². The van der Waals surface area contributed by atoms with E-state index in [9.17, 15) is 14.4 Å². The maximum atomic E-state index is 12.5. The number of carbonyl (C=O) groups excluding carboxylic acids is 3. The van der Waals surface area contributed by atoms with Crippen LogP contribution in [0.3, 0.4) is 0 Å². The first-order chi connectivity index (χ1) is 16.9. The summed E-state index contributed by atoms with van der Waals surface area (Å²) in [5.74, 6) is 0.479. The molecule has 3 rings (SSSR count). The van der Waals surface area contributed by atoms with Gasteiger partial charge < -0.3 is 30.3 Å². The van der Waals surface area contributed by atoms with Crippen molar-refractivity contribution in [3.63, 3.8) is 0 Å². The topological polar surface area (TPSA) is 109 Å². The lowest BCUT2D eigenvalue weighted by Gasteiger charge is -2.14. The van der Waals surface area contributed by atoms with Crippen LogP contribution in [-0.2, 0) is 11.3 Å². The van der Waals surface area contributed by atoms with Crippen molar-refractivity contribution in [2.75, 3.05) is 38.4 Å². The van der Waals surface area contributed by atoms with Crippen molar-refractivity contribution in [1.82, 2.24) is 10.2 Å². The van der Waals surface area contributed by atoms with E-state index < -0.39 is 0 Å². The van der Waals surface area contributed by atoms with Crippen LogP contribution in [0.5, 0.6) is 11.5 Å². The molecular formula is C26H28N4O5. The van der Waals surface area contributed by atoms with Gasteiger partial charge in [-0.1, -0.05) is 24.3 Å². The second-order valence-electron chi connectivity index (χ2n) is 7.77. The van der Waals surface area contributed by atoms with Crippen molar-refractivity contribution in [2.24, 2.45) is 0 Å². The number of methoxy groups -OCH3 is 1. The lowest BCUT2D eigenvalue weighted by atomic mass is 10.1. The van der Waals surface area contributed by atoms with Crippen LogP contribution in [0.2, 0.25) is 0 Å². The van der Waals surface area contributed by atoms with E-state index in [4.69, 9.17) is 9.47 Å². The molecule has 35 heavy (non-hydrogen) atoms. The van der Waals surface area contributed by atoms with Gasteiger partial charge in [-0.2, -0.15) is 0 Å². The Kier molecular flexibility index (Phi) is 8.66. The van der Waals surface area contributed by atoms with E-state index in [0.29, 0.717) is 28.4 Å². The van der Waals surface area contributed by atoms with Crippen LogP contribution in [-0.4, -0.2) is 50.6 Å². The molecule has 3 aromatic rings. The SMILES string of the molecule is COc1cc(CNC(=O)c2ccc(NC(=O)Nc3ccccc3)cc2)ccc1OCC(=O)N(C)C. The first-order valence-electron chi connectivity index (χ1n) is 10.9. The third-order valence-corrected chi connectivity index (χ3v) is 4.97. The Hall–Kier alpha value is -4.53. The Morgan fingerprint density at radius 2 is 1.49 bits per heavy atom. The fraction of sp³-hybridized carbons (Fsp3) is 0.192. The monoisotopic (exact) mass is 476 g/mol. The predicted octanol–water partition coefficient (Wildman–Crippen LogP) is 3.74. The number of rotatable bonds is 9. The number of carbonyl (C=O) groups is 3. The van der Waals surface area contributed by atoms with Gasteiger partial charge in [-0.15, -0.1) is 0 Å². The summed E-state index contributed by atoms with van der Waals surface area (Å²) in [6.45, 7) is 0.170. The normalized spacial score (nSPS) is 10.1. The van der Waals surface area contributed by atoms with Gasteiger partial charge in [0.2, 0.25) is 0 Å². The van der Waals surface area contributed by atoms with Crippen LogP contribution >= 0.6 is 0 Å². The molecule has 182 valence electrons. The number of amides is 4. The van der Waals surface area contributed by atoms with E-state index in [0.717, 1.165) is 5.56 Å². The highest BCUT2D eigenvalue weighted by atomic mass is 16.5. The third kappa shape index (κ3) is 7.50. The fourth-order valence-corrected chi connectivity index (χ4v) is 3.01. The van der Waals surface area contributed by atoms with Gasteiger partial charge in [-0.05, 0) is 54.1 Å². The van der Waals surface area contributed by atoms with E-state index >= 15 is 0 Å². The highest BCUT2D eigenvalue weighted by molar-refractivity contribution is 6.00. The summed E-state index contributed by atoms with van der Waals surface area (Å²) in [7, 11) is 4.82. The van der Waals surface area contributed by atoms with Gasteiger partial charge in [-0.25, -0.2) is 4.79 Å². The zero-order chi connectivity index (χ0) is 25.2. The molecule has 0 bridgehead atoms. The molecule has 0 spiro atoms. The highest BCUT2D eigenvalue weighted by Crippen LogP contribution is 2.28. The van der Waals surface area contributed by atoms with E-state index in [1.807, 2.05) is 18.2 Å². The number of hydrogen-bond acceptors (Lipinski definition) is 5. The van der Waals surface area contributed by atoms with E-state index in [1.165, 1.54) is 12.0 Å². The molecule has 0 heterocycles. The number of benzene rings is 3. The number of ether oxygens (including phenoxy) is 2. The summed E-state index contributed by atoms with van der Waals surface area (Å²) in [6.07, 6.45) is 0. The minimum absolute atomic E-state index is 0.0990. The maximum absolute atomic E-state index is 12.5. The molecule has 0 radical (unpaired) electrons. The molecule has 0 aliphatic carbocycles. The van der Waals surface area contributed by atoms with E-state index in [1.54, 1.807) is 68.7 Å². The number of nitrogens with one attached hydrogen (secondary N) is 3. The van der Waals surface area contributed by atoms with Crippen molar-refractivity contribution >= 4 is 29.2 Å². The van der Waals surface area contributed by atoms with Gasteiger partial charge in [0.1, 0.15) is 0 Å². The van der Waals surface area contributed by atoms with Crippen molar-refractivity contribution in [3.8, 4) is 11.5 Å². The summed E-state index contributed by atoms with van der Waals surface area (Å²) in [4.78, 5) is 37.8. The van der Waals surface area contributed by atoms with Gasteiger partial charge in [0, 0.05) is 37.6 Å². The third-order valence-electron chi connectivity index (χ3n) is 4.97. The summed E-state index contributed by atoms with van der Waals surface area (Å²) in [5, 5.41) is 8.30. The molecule has 0 saturated heterocycles. The summed E-state index contributed by atoms with van der Waals surface area (Å²) < 4.78 is 10.9. The number of urea groups is 1. The molecule has 0 aromatic heterocycles. The van der Waals surface area contributed by atoms with Crippen LogP contribution in [0.25, 0.3) is 0 Å². The quantitative estimate of drug-likeness (QED) is 0.436. The standard InChI is InChI=1S/C26H28N4O5/c1-30(2)24(31)17-35-22-14-9-18(15-23(22)34-3)16-27-25(32)19-10-12-21(13-11-19)29-26(33)28-20-7-5-4-6-8-20/h4-15H,16-17H2,1-3H3,(H,27,32)(H2,28,29,33). The van der Waals surface area contributed by atoms with Crippen molar-refractivity contribution < 1.29 is 23.9 Å². The number of nitrogens with zero attached hydrogens (tertiary/aromatic N) is 1. The summed E-state index contributed by atoms with van der Waals surface area (Å²) >= 11 is 0. The van der Waals surface area contributed by atoms with Gasteiger partial charge in [0.25, 0.3) is 11.8 Å². The second kappa shape index (κ2) is 12.1. The zero-order valence-corrected chi connectivity index (χ0v) is 19.8. The average molecular weight is 477 g/mol. The number of hydrogen-bond donors (Lipinski definition) is 3. The molecule has 9 nitrogen and oxygen atoms in total. The minimum atomic E-state index is -0.374. The molecule has 3 N–H and O–H groups in total. The van der Waals surface area contributed by atoms with Crippen LogP contribution in [0, 0.1) is 0 Å². The van der Waals surface area contributed by atoms with Crippen molar-refractivity contribution in [2.45, 2.75) is 6.54 Å². The highest BCUT2D eigenvalue weighted by Gasteiger charge is 2.11. The van der Waals surface area contributed by atoms with Crippen LogP contribution in [0.1, 0.15) is 15.9 Å². The molecule has 0 aliphatic heterocycles. The molecule has 4 amide bonds. The van der Waals surface area contributed by atoms with Crippen LogP contribution in [0.4, 0.5) is 16.2 Å². The lowest BCUT2D eigenvalue weighted by Crippen LogP contribution is -2.27. The Morgan fingerprint density at radius 1 is 0.829 bits per heavy atom. The lowest BCUT2D eigenvalue weighted by molar-refractivity contribution is -0.130. The van der Waals surface area contributed by atoms with Gasteiger partial charge in [-0.3, -0.25) is 9.59 Å². The zero-order valence-electron chi connectivity index (χ0n) is 19.8. The van der Waals surface area contributed by atoms with Crippen molar-refractivity contribution in [1.29, 1.82) is 0 Å². The van der Waals surface area contributed by atoms with E-state index in [-0.39, 0.29) is 31.0 Å². The fourth-order valence-electron chi connectivity index (χ4n) is 3.01. The maximum Gasteiger partial charge on any atom is 0.323 e. The van der Waals surface area contributed by atoms with Gasteiger partial charge in [0.05, 0.1) is 7.11 Å². The second-order valence-corrected chi connectivity index (χ2v) is 7.77. The summed E-state index contributed by atoms with van der Waals surface area (Å²) in [5.41, 5.74) is 2.49. The number of para-hydroxylation sites is 1. The molecule has 0 atom stereocenters. The van der Waals surface area contributed by atoms with Crippen LogP contribution in [0.15, 0.2) is 72.8 Å². The van der Waals surface area contributed by atoms with Crippen LogP contribution < -0.4 is 25.4 Å². The van der Waals surface area contributed by atoms with Gasteiger partial charge in [0.15, 0.2) is 18.1 Å². The predicted molar refractivity (Wildman–Crippen MR) is 134 cm³/mol. The summed E-state index contributed by atoms with van der Waals surface area (Å²) in [6, 6.07) is 20.5. The molecular weight excluding hydrogens is 448 g/mol. The number of anilines is 2. The Balaban J connectivity index is 1.52. The Labute approximate surface area is 204 Å². The molecule has 0 saturated carbocycles. The largest absolute Gasteiger partial charge is 0.493 e. The van der Waals surface area contributed by atoms with Crippen molar-refractivity contribution in [3.05, 3.63) is 83.9 Å². The molecule has 0 unspecified atom stereocenters. The molecule has 9 heteroatoms. The smallest absolute Gasteiger partial charge is 0.323 e. The first kappa shape index (κ1) is 25.1. The Morgan fingerprint density at radius 3 is 2.11 bits per heavy atom. The van der Waals surface area contributed by atoms with E-state index in [2.05, 4.69) is 16.0 Å². The minimum Gasteiger partial charge on any atom is -0.493 e.